The fourth-order valence-corrected chi connectivity index (χ4v) is 1.45. The van der Waals surface area contributed by atoms with Crippen LogP contribution in [0.4, 0.5) is 0 Å². The number of hydrogen-bond donors (Lipinski definition) is 0. The molecule has 1 rings (SSSR count). The minimum atomic E-state index is 0.622. The average molecular weight is 206 g/mol. The zero-order chi connectivity index (χ0) is 11.3. The zero-order valence-corrected chi connectivity index (χ0v) is 9.69. The van der Waals surface area contributed by atoms with E-state index in [2.05, 4.69) is 34.8 Å². The quantitative estimate of drug-likeness (QED) is 0.676. The van der Waals surface area contributed by atoms with Gasteiger partial charge in [-0.15, -0.1) is 0 Å². The van der Waals surface area contributed by atoms with Crippen molar-refractivity contribution in [1.29, 1.82) is 0 Å². The van der Waals surface area contributed by atoms with E-state index in [-0.39, 0.29) is 0 Å². The van der Waals surface area contributed by atoms with Gasteiger partial charge in [0.15, 0.2) is 0 Å². The first-order valence-corrected chi connectivity index (χ1v) is 5.07. The first-order valence-electron chi connectivity index (χ1n) is 5.07. The van der Waals surface area contributed by atoms with E-state index in [0.717, 1.165) is 24.5 Å². The van der Waals surface area contributed by atoms with Crippen LogP contribution >= 0.6 is 0 Å². The summed E-state index contributed by atoms with van der Waals surface area (Å²) in [6.45, 7) is 11.7. The minimum Gasteiger partial charge on any atom is -0.295 e. The maximum Gasteiger partial charge on any atom is 0.0757 e. The summed E-state index contributed by atoms with van der Waals surface area (Å²) in [5, 5.41) is 4.36. The molecule has 0 fully saturated rings. The van der Waals surface area contributed by atoms with E-state index in [4.69, 9.17) is 0 Å². The summed E-state index contributed by atoms with van der Waals surface area (Å²) in [6.07, 6.45) is 0. The molecule has 0 unspecified atom stereocenters. The SMILES string of the molecule is C=NCC(C)=NCCn1nc(C)cc1C. The van der Waals surface area contributed by atoms with Crippen LogP contribution in [0.5, 0.6) is 0 Å². The van der Waals surface area contributed by atoms with Gasteiger partial charge in [0.25, 0.3) is 0 Å². The molecule has 0 saturated heterocycles. The smallest absolute Gasteiger partial charge is 0.0757 e. The molecule has 15 heavy (non-hydrogen) atoms. The molecule has 0 aliphatic rings. The van der Waals surface area contributed by atoms with Crippen molar-refractivity contribution < 1.29 is 0 Å². The average Bonchev–Trinajstić information content (AvgIpc) is 2.46. The van der Waals surface area contributed by atoms with Crippen LogP contribution in [0, 0.1) is 13.8 Å². The van der Waals surface area contributed by atoms with Gasteiger partial charge < -0.3 is 0 Å². The van der Waals surface area contributed by atoms with Gasteiger partial charge in [-0.25, -0.2) is 0 Å². The first-order chi connectivity index (χ1) is 7.13. The number of aliphatic imine (C=N–C) groups is 2. The second kappa shape index (κ2) is 5.44. The highest BCUT2D eigenvalue weighted by Gasteiger charge is 1.99. The summed E-state index contributed by atoms with van der Waals surface area (Å²) in [6, 6.07) is 2.07. The van der Waals surface area contributed by atoms with Crippen LogP contribution in [0.2, 0.25) is 0 Å². The molecule has 0 aliphatic heterocycles. The van der Waals surface area contributed by atoms with Crippen LogP contribution in [-0.2, 0) is 6.54 Å². The number of hydrogen-bond acceptors (Lipinski definition) is 3. The van der Waals surface area contributed by atoms with Gasteiger partial charge in [-0.1, -0.05) is 0 Å². The normalized spacial score (nSPS) is 11.8. The summed E-state index contributed by atoms with van der Waals surface area (Å²) in [5.74, 6) is 0. The van der Waals surface area contributed by atoms with Gasteiger partial charge in [0, 0.05) is 11.4 Å². The molecule has 0 radical (unpaired) electrons. The lowest BCUT2D eigenvalue weighted by atomic mass is 10.4. The van der Waals surface area contributed by atoms with Gasteiger partial charge in [-0.3, -0.25) is 14.7 Å². The molecule has 0 spiro atoms. The molecule has 0 aliphatic carbocycles. The molecule has 0 N–H and O–H groups in total. The maximum atomic E-state index is 4.38. The Kier molecular flexibility index (Phi) is 4.21. The van der Waals surface area contributed by atoms with Gasteiger partial charge in [0.2, 0.25) is 0 Å². The standard InChI is InChI=1S/C11H18N4/c1-9-7-11(3)15(14-9)6-5-13-10(2)8-12-4/h7H,4-6,8H2,1-3H3. The van der Waals surface area contributed by atoms with Crippen molar-refractivity contribution in [2.24, 2.45) is 9.98 Å². The van der Waals surface area contributed by atoms with Crippen LogP contribution in [0.3, 0.4) is 0 Å². The molecule has 0 amide bonds. The summed E-state index contributed by atoms with van der Waals surface area (Å²) >= 11 is 0. The van der Waals surface area contributed by atoms with Crippen LogP contribution in [0.15, 0.2) is 16.1 Å². The van der Waals surface area contributed by atoms with E-state index in [1.807, 2.05) is 18.5 Å². The highest BCUT2D eigenvalue weighted by atomic mass is 15.3. The van der Waals surface area contributed by atoms with E-state index in [1.165, 1.54) is 5.69 Å². The highest BCUT2D eigenvalue weighted by molar-refractivity contribution is 5.84. The zero-order valence-electron chi connectivity index (χ0n) is 9.69. The number of aromatic nitrogens is 2. The predicted molar refractivity (Wildman–Crippen MR) is 64.1 cm³/mol. The third-order valence-corrected chi connectivity index (χ3v) is 2.14. The monoisotopic (exact) mass is 206 g/mol. The van der Waals surface area contributed by atoms with Gasteiger partial charge >= 0.3 is 0 Å². The molecule has 1 aromatic rings. The van der Waals surface area contributed by atoms with Gasteiger partial charge in [0.05, 0.1) is 25.3 Å². The highest BCUT2D eigenvalue weighted by Crippen LogP contribution is 2.01. The Labute approximate surface area is 90.7 Å². The molecular formula is C11H18N4. The fraction of sp³-hybridized carbons (Fsp3) is 0.545. The maximum absolute atomic E-state index is 4.38. The molecule has 0 saturated carbocycles. The van der Waals surface area contributed by atoms with Crippen molar-refractivity contribution in [1.82, 2.24) is 9.78 Å². The topological polar surface area (TPSA) is 42.5 Å². The van der Waals surface area contributed by atoms with Crippen molar-refractivity contribution >= 4 is 12.4 Å². The van der Waals surface area contributed by atoms with Crippen molar-refractivity contribution in [3.63, 3.8) is 0 Å². The second-order valence-corrected chi connectivity index (χ2v) is 3.65. The molecule has 4 nitrogen and oxygen atoms in total. The van der Waals surface area contributed by atoms with E-state index in [0.29, 0.717) is 6.54 Å². The predicted octanol–water partition coefficient (Wildman–Crippen LogP) is 1.66. The molecule has 0 atom stereocenters. The first kappa shape index (κ1) is 11.6. The lowest BCUT2D eigenvalue weighted by Gasteiger charge is -2.01. The summed E-state index contributed by atoms with van der Waals surface area (Å²) in [5.41, 5.74) is 3.26. The number of aryl methyl sites for hydroxylation is 2. The van der Waals surface area contributed by atoms with Crippen LogP contribution in [0.1, 0.15) is 18.3 Å². The van der Waals surface area contributed by atoms with Gasteiger partial charge in [-0.05, 0) is 33.6 Å². The van der Waals surface area contributed by atoms with Crippen molar-refractivity contribution in [2.45, 2.75) is 27.3 Å². The Morgan fingerprint density at radius 1 is 1.53 bits per heavy atom. The fourth-order valence-electron chi connectivity index (χ4n) is 1.45. The lowest BCUT2D eigenvalue weighted by molar-refractivity contribution is 0.604. The van der Waals surface area contributed by atoms with Crippen LogP contribution in [0.25, 0.3) is 0 Å². The Bertz CT molecular complexity index is 363. The summed E-state index contributed by atoms with van der Waals surface area (Å²) < 4.78 is 1.98. The van der Waals surface area contributed by atoms with Crippen LogP contribution in [-0.4, -0.2) is 35.3 Å². The van der Waals surface area contributed by atoms with E-state index in [1.54, 1.807) is 0 Å². The van der Waals surface area contributed by atoms with E-state index < -0.39 is 0 Å². The molecule has 82 valence electrons. The Morgan fingerprint density at radius 2 is 2.27 bits per heavy atom. The van der Waals surface area contributed by atoms with Crippen LogP contribution < -0.4 is 0 Å². The summed E-state index contributed by atoms with van der Waals surface area (Å²) in [4.78, 5) is 8.16. The van der Waals surface area contributed by atoms with E-state index >= 15 is 0 Å². The molecule has 0 bridgehead atoms. The molecule has 1 heterocycles. The molecule has 4 heteroatoms. The Balaban J connectivity index is 2.47. The number of rotatable bonds is 5. The minimum absolute atomic E-state index is 0.622. The van der Waals surface area contributed by atoms with E-state index in [9.17, 15) is 0 Å². The van der Waals surface area contributed by atoms with Crippen molar-refractivity contribution in [2.75, 3.05) is 13.1 Å². The second-order valence-electron chi connectivity index (χ2n) is 3.65. The van der Waals surface area contributed by atoms with Crippen molar-refractivity contribution in [3.8, 4) is 0 Å². The third-order valence-electron chi connectivity index (χ3n) is 2.14. The third kappa shape index (κ3) is 3.65. The lowest BCUT2D eigenvalue weighted by Crippen LogP contribution is -2.07. The Hall–Kier alpha value is -1.45. The van der Waals surface area contributed by atoms with Gasteiger partial charge in [0.1, 0.15) is 0 Å². The largest absolute Gasteiger partial charge is 0.295 e. The van der Waals surface area contributed by atoms with Gasteiger partial charge in [-0.2, -0.15) is 5.10 Å². The summed E-state index contributed by atoms with van der Waals surface area (Å²) in [7, 11) is 0. The molecule has 1 aromatic heterocycles. The number of nitrogens with zero attached hydrogens (tertiary/aromatic N) is 4. The molecule has 0 aromatic carbocycles. The van der Waals surface area contributed by atoms with Crippen molar-refractivity contribution in [3.05, 3.63) is 17.5 Å². The molecular weight excluding hydrogens is 188 g/mol. The Morgan fingerprint density at radius 3 is 2.80 bits per heavy atom.